The summed E-state index contributed by atoms with van der Waals surface area (Å²) in [6.07, 6.45) is 0.952. The minimum atomic E-state index is -0.771. The summed E-state index contributed by atoms with van der Waals surface area (Å²) in [4.78, 5) is 79.8. The lowest BCUT2D eigenvalue weighted by Gasteiger charge is -2.31. The first-order chi connectivity index (χ1) is 31.3. The van der Waals surface area contributed by atoms with Crippen molar-refractivity contribution >= 4 is 41.3 Å². The van der Waals surface area contributed by atoms with E-state index in [9.17, 15) is 39.0 Å². The first-order valence-electron chi connectivity index (χ1n) is 21.5. The Morgan fingerprint density at radius 3 is 2.26 bits per heavy atom. The normalized spacial score (nSPS) is 16.3. The van der Waals surface area contributed by atoms with Gasteiger partial charge in [-0.2, -0.15) is 0 Å². The highest BCUT2D eigenvalue weighted by Gasteiger charge is 2.40. The zero-order valence-electron chi connectivity index (χ0n) is 36.0. The molecule has 65 heavy (non-hydrogen) atoms. The number of benzene rings is 4. The van der Waals surface area contributed by atoms with Gasteiger partial charge in [0.15, 0.2) is 5.82 Å². The third-order valence-corrected chi connectivity index (χ3v) is 11.8. The van der Waals surface area contributed by atoms with Crippen LogP contribution in [0.2, 0.25) is 0 Å². The molecule has 0 radical (unpaired) electrons. The fourth-order valence-corrected chi connectivity index (χ4v) is 8.32. The number of phenols is 2. The van der Waals surface area contributed by atoms with Gasteiger partial charge in [0.25, 0.3) is 17.7 Å². The lowest BCUT2D eigenvalue weighted by molar-refractivity contribution is -0.136. The maximum Gasteiger partial charge on any atom is 0.411 e. The van der Waals surface area contributed by atoms with Crippen LogP contribution in [0.4, 0.5) is 10.5 Å². The molecule has 5 N–H and O–H groups in total. The Kier molecular flexibility index (Phi) is 12.5. The molecule has 6 amide bonds. The summed E-state index contributed by atoms with van der Waals surface area (Å²) in [6, 6.07) is 20.7. The van der Waals surface area contributed by atoms with Gasteiger partial charge in [0.05, 0.1) is 12.2 Å². The standard InChI is InChI=1S/C47H48N8O10/c1-4-48-44(60)42-52-51-41(34-22-33(26(2)3)38(56)23-39(34)57)55(42)29-10-14-31(15-11-29)65-30-12-8-28(9-13-30)45(61)53-20-18-27(19-21-53)25-64-47(63)49-36-7-5-6-32-35(36)24-54(46(32)62)37-16-17-40(58)50-43(37)59/h5-15,22-23,26-27,37,56-57H,4,16-21,24-25H2,1-3H3,(H,48,60)(H,49,63)(H,50,58,59). The molecule has 4 aromatic carbocycles. The van der Waals surface area contributed by atoms with E-state index in [-0.39, 0.29) is 78.7 Å². The quantitative estimate of drug-likeness (QED) is 0.0926. The first-order valence-corrected chi connectivity index (χ1v) is 21.5. The van der Waals surface area contributed by atoms with E-state index in [4.69, 9.17) is 9.47 Å². The summed E-state index contributed by atoms with van der Waals surface area (Å²) in [5.74, 6) is -0.938. The number of fused-ring (bicyclic) bond motifs is 1. The van der Waals surface area contributed by atoms with E-state index in [1.54, 1.807) is 84.6 Å². The van der Waals surface area contributed by atoms with E-state index < -0.39 is 23.9 Å². The van der Waals surface area contributed by atoms with Crippen molar-refractivity contribution in [3.05, 3.63) is 107 Å². The smallest absolute Gasteiger partial charge is 0.411 e. The number of rotatable bonds is 12. The van der Waals surface area contributed by atoms with Crippen LogP contribution in [-0.2, 0) is 20.9 Å². The number of imide groups is 1. The Balaban J connectivity index is 0.840. The van der Waals surface area contributed by atoms with Gasteiger partial charge in [-0.25, -0.2) is 4.79 Å². The van der Waals surface area contributed by atoms with Crippen LogP contribution in [0.25, 0.3) is 17.1 Å². The number of anilines is 1. The first kappa shape index (κ1) is 43.9. The van der Waals surface area contributed by atoms with Gasteiger partial charge in [0.1, 0.15) is 29.0 Å². The molecule has 3 aliphatic heterocycles. The molecule has 3 aliphatic rings. The van der Waals surface area contributed by atoms with Crippen molar-refractivity contribution in [3.8, 4) is 40.1 Å². The highest BCUT2D eigenvalue weighted by molar-refractivity contribution is 6.06. The number of amides is 6. The maximum atomic E-state index is 13.5. The molecule has 5 aromatic rings. The predicted molar refractivity (Wildman–Crippen MR) is 235 cm³/mol. The van der Waals surface area contributed by atoms with Gasteiger partial charge in [-0.1, -0.05) is 19.9 Å². The molecule has 2 saturated heterocycles. The molecule has 0 spiro atoms. The topological polar surface area (TPSA) is 235 Å². The number of hydrogen-bond donors (Lipinski definition) is 5. The Labute approximate surface area is 373 Å². The molecule has 0 saturated carbocycles. The number of hydrogen-bond acceptors (Lipinski definition) is 12. The van der Waals surface area contributed by atoms with E-state index in [0.29, 0.717) is 83.2 Å². The second-order valence-electron chi connectivity index (χ2n) is 16.4. The minimum Gasteiger partial charge on any atom is -0.508 e. The summed E-state index contributed by atoms with van der Waals surface area (Å²) in [6.45, 7) is 7.18. The second-order valence-corrected chi connectivity index (χ2v) is 16.4. The zero-order chi connectivity index (χ0) is 45.9. The lowest BCUT2D eigenvalue weighted by Crippen LogP contribution is -2.52. The summed E-state index contributed by atoms with van der Waals surface area (Å²) < 4.78 is 13.2. The van der Waals surface area contributed by atoms with Crippen LogP contribution in [0.3, 0.4) is 0 Å². The summed E-state index contributed by atoms with van der Waals surface area (Å²) >= 11 is 0. The lowest BCUT2D eigenvalue weighted by atomic mass is 9.97. The van der Waals surface area contributed by atoms with Gasteiger partial charge in [0, 0.05) is 66.7 Å². The molecule has 1 atom stereocenters. The summed E-state index contributed by atoms with van der Waals surface area (Å²) in [7, 11) is 0. The molecule has 18 nitrogen and oxygen atoms in total. The summed E-state index contributed by atoms with van der Waals surface area (Å²) in [5.41, 5.74) is 3.25. The number of aromatic nitrogens is 3. The number of phenolic OH excluding ortho intramolecular Hbond substituents is 2. The fraction of sp³-hybridized carbons (Fsp3) is 0.319. The number of carbonyl (C=O) groups excluding carboxylic acids is 6. The maximum absolute atomic E-state index is 13.5. The van der Waals surface area contributed by atoms with E-state index in [2.05, 4.69) is 26.1 Å². The molecule has 336 valence electrons. The average Bonchev–Trinajstić information content (AvgIpc) is 3.88. The van der Waals surface area contributed by atoms with Crippen molar-refractivity contribution in [2.24, 2.45) is 5.92 Å². The predicted octanol–water partition coefficient (Wildman–Crippen LogP) is 5.87. The van der Waals surface area contributed by atoms with Crippen LogP contribution < -0.4 is 20.7 Å². The van der Waals surface area contributed by atoms with E-state index in [1.807, 2.05) is 13.8 Å². The van der Waals surface area contributed by atoms with Crippen LogP contribution >= 0.6 is 0 Å². The fourth-order valence-electron chi connectivity index (χ4n) is 8.32. The Bertz CT molecular complexity index is 2670. The third-order valence-electron chi connectivity index (χ3n) is 11.8. The molecule has 0 bridgehead atoms. The number of likely N-dealkylation sites (tertiary alicyclic amines) is 1. The number of ether oxygens (including phenoxy) is 2. The highest BCUT2D eigenvalue weighted by atomic mass is 16.5. The highest BCUT2D eigenvalue weighted by Crippen LogP contribution is 2.39. The zero-order valence-corrected chi connectivity index (χ0v) is 36.0. The molecule has 0 aliphatic carbocycles. The largest absolute Gasteiger partial charge is 0.508 e. The number of nitrogens with one attached hydrogen (secondary N) is 3. The SMILES string of the molecule is CCNC(=O)c1nnc(-c2cc(C(C)C)c(O)cc2O)n1-c1ccc(Oc2ccc(C(=O)N3CCC(COC(=O)Nc4cccc5c4CN(C4CCC(=O)NC4=O)C5=O)CC3)cc2)cc1. The molecule has 2 fully saturated rings. The second kappa shape index (κ2) is 18.5. The molecule has 1 aromatic heterocycles. The minimum absolute atomic E-state index is 0.00479. The van der Waals surface area contributed by atoms with Gasteiger partial charge in [-0.15, -0.1) is 10.2 Å². The van der Waals surface area contributed by atoms with Gasteiger partial charge in [-0.3, -0.25) is 39.2 Å². The van der Waals surface area contributed by atoms with Crippen molar-refractivity contribution < 1.29 is 48.5 Å². The molecule has 8 rings (SSSR count). The van der Waals surface area contributed by atoms with Crippen molar-refractivity contribution in [2.75, 3.05) is 31.6 Å². The van der Waals surface area contributed by atoms with Gasteiger partial charge in [-0.05, 0) is 110 Å². The van der Waals surface area contributed by atoms with Crippen LogP contribution in [0.15, 0.2) is 78.9 Å². The van der Waals surface area contributed by atoms with E-state index >= 15 is 0 Å². The van der Waals surface area contributed by atoms with Crippen molar-refractivity contribution in [2.45, 2.75) is 65.0 Å². The van der Waals surface area contributed by atoms with Gasteiger partial charge >= 0.3 is 6.09 Å². The third kappa shape index (κ3) is 9.18. The summed E-state index contributed by atoms with van der Waals surface area (Å²) in [5, 5.41) is 37.5. The number of carbonyl (C=O) groups is 6. The van der Waals surface area contributed by atoms with E-state index in [1.165, 1.54) is 15.5 Å². The molecule has 4 heterocycles. The number of piperidine rings is 2. The van der Waals surface area contributed by atoms with Gasteiger partial charge in [0.2, 0.25) is 17.6 Å². The number of nitrogens with zero attached hydrogens (tertiary/aromatic N) is 5. The van der Waals surface area contributed by atoms with Crippen LogP contribution in [0.5, 0.6) is 23.0 Å². The molecule has 1 unspecified atom stereocenters. The van der Waals surface area contributed by atoms with Gasteiger partial charge < -0.3 is 34.8 Å². The van der Waals surface area contributed by atoms with Crippen molar-refractivity contribution in [3.63, 3.8) is 0 Å². The Morgan fingerprint density at radius 2 is 1.58 bits per heavy atom. The molecular weight excluding hydrogens is 837 g/mol. The Morgan fingerprint density at radius 1 is 0.877 bits per heavy atom. The molecule has 18 heteroatoms. The molecular formula is C47H48N8O10. The Hall–Kier alpha value is -7.76. The van der Waals surface area contributed by atoms with Crippen molar-refractivity contribution in [1.82, 2.24) is 35.2 Å². The van der Waals surface area contributed by atoms with Crippen molar-refractivity contribution in [1.29, 1.82) is 0 Å². The van der Waals surface area contributed by atoms with Crippen LogP contribution in [0, 0.1) is 5.92 Å². The number of aromatic hydroxyl groups is 2. The van der Waals surface area contributed by atoms with E-state index in [0.717, 1.165) is 0 Å². The van der Waals surface area contributed by atoms with Crippen LogP contribution in [0.1, 0.15) is 94.8 Å². The average molecular weight is 885 g/mol. The van der Waals surface area contributed by atoms with Crippen LogP contribution in [-0.4, -0.2) is 103 Å². The monoisotopic (exact) mass is 884 g/mol.